The fraction of sp³-hybridized carbons (Fsp3) is 0.667. The van der Waals surface area contributed by atoms with Gasteiger partial charge in [-0.2, -0.15) is 0 Å². The second kappa shape index (κ2) is 8.74. The number of hydrogen-bond acceptors (Lipinski definition) is 4. The van der Waals surface area contributed by atoms with Gasteiger partial charge >= 0.3 is 6.09 Å². The molecule has 0 saturated carbocycles. The van der Waals surface area contributed by atoms with Crippen LogP contribution in [-0.4, -0.2) is 42.6 Å². The smallest absolute Gasteiger partial charge is 0.407 e. The largest absolute Gasteiger partial charge is 0.453 e. The summed E-state index contributed by atoms with van der Waals surface area (Å²) in [5.74, 6) is -0.0586. The molecule has 2 heterocycles. The van der Waals surface area contributed by atoms with Gasteiger partial charge in [-0.05, 0) is 59.2 Å². The van der Waals surface area contributed by atoms with Gasteiger partial charge in [-0.3, -0.25) is 4.79 Å². The van der Waals surface area contributed by atoms with Crippen LogP contribution >= 0.6 is 15.9 Å². The van der Waals surface area contributed by atoms with Crippen molar-refractivity contribution in [1.82, 2.24) is 15.5 Å². The number of alkyl carbamates (subject to hydrolysis) is 1. The Hall–Kier alpha value is -1.50. The number of amides is 2. The highest BCUT2D eigenvalue weighted by Crippen LogP contribution is 2.31. The maximum Gasteiger partial charge on any atom is 0.407 e. The van der Waals surface area contributed by atoms with Gasteiger partial charge < -0.3 is 20.3 Å². The predicted molar refractivity (Wildman–Crippen MR) is 101 cm³/mol. The van der Waals surface area contributed by atoms with Crippen LogP contribution in [0, 0.1) is 5.92 Å². The minimum atomic E-state index is -0.582. The number of ether oxygens (including phenoxy) is 1. The second-order valence-corrected chi connectivity index (χ2v) is 7.65. The molecule has 2 aliphatic heterocycles. The quantitative estimate of drug-likeness (QED) is 0.678. The zero-order valence-corrected chi connectivity index (χ0v) is 17.0. The molecular formula is C18H28BrN3O3. The van der Waals surface area contributed by atoms with E-state index in [9.17, 15) is 9.59 Å². The minimum Gasteiger partial charge on any atom is -0.453 e. The highest BCUT2D eigenvalue weighted by molar-refractivity contribution is 9.11. The van der Waals surface area contributed by atoms with E-state index in [1.807, 2.05) is 18.7 Å². The summed E-state index contributed by atoms with van der Waals surface area (Å²) in [5, 5.41) is 6.11. The minimum absolute atomic E-state index is 0.0153. The van der Waals surface area contributed by atoms with Gasteiger partial charge in [0.15, 0.2) is 0 Å². The summed E-state index contributed by atoms with van der Waals surface area (Å²) in [4.78, 5) is 26.7. The van der Waals surface area contributed by atoms with Crippen LogP contribution in [0.4, 0.5) is 4.79 Å². The van der Waals surface area contributed by atoms with Crippen LogP contribution in [0.15, 0.2) is 22.0 Å². The third-order valence-corrected chi connectivity index (χ3v) is 5.37. The standard InChI is InChI=1S/C18H28BrN3O3/c1-5-12-8-9-14(19)20-16(12)13-7-6-10-22(13)17(23)15(11(2)3)21-18(24)25-4/h9,11,13,15,20H,5-8,10H2,1-4H3,(H,21,24)/t13-,15-/m0/s1. The van der Waals surface area contributed by atoms with Crippen molar-refractivity contribution in [3.63, 3.8) is 0 Å². The fourth-order valence-corrected chi connectivity index (χ4v) is 3.83. The maximum absolute atomic E-state index is 13.1. The lowest BCUT2D eigenvalue weighted by atomic mass is 9.97. The van der Waals surface area contributed by atoms with E-state index in [1.54, 1.807) is 0 Å². The van der Waals surface area contributed by atoms with E-state index in [2.05, 4.69) is 44.3 Å². The number of rotatable bonds is 5. The van der Waals surface area contributed by atoms with E-state index >= 15 is 0 Å². The molecule has 6 nitrogen and oxygen atoms in total. The molecule has 1 fully saturated rings. The number of halogens is 1. The van der Waals surface area contributed by atoms with Crippen molar-refractivity contribution in [3.8, 4) is 0 Å². The van der Waals surface area contributed by atoms with E-state index in [1.165, 1.54) is 12.7 Å². The molecule has 0 aromatic carbocycles. The number of carbonyl (C=O) groups is 2. The summed E-state index contributed by atoms with van der Waals surface area (Å²) in [5.41, 5.74) is 2.46. The average molecular weight is 414 g/mol. The number of hydrogen-bond donors (Lipinski definition) is 2. The lowest BCUT2D eigenvalue weighted by Crippen LogP contribution is -2.53. The molecule has 25 heavy (non-hydrogen) atoms. The van der Waals surface area contributed by atoms with Crippen LogP contribution in [0.5, 0.6) is 0 Å². The summed E-state index contributed by atoms with van der Waals surface area (Å²) in [6.07, 6.45) is 5.28. The summed E-state index contributed by atoms with van der Waals surface area (Å²) in [6, 6.07) is -0.550. The van der Waals surface area contributed by atoms with Gasteiger partial charge in [0.25, 0.3) is 0 Å². The molecule has 0 radical (unpaired) electrons. The molecule has 0 bridgehead atoms. The Morgan fingerprint density at radius 1 is 1.48 bits per heavy atom. The van der Waals surface area contributed by atoms with Gasteiger partial charge in [-0.25, -0.2) is 4.79 Å². The number of nitrogens with one attached hydrogen (secondary N) is 2. The third kappa shape index (κ3) is 4.57. The van der Waals surface area contributed by atoms with E-state index < -0.39 is 12.1 Å². The second-order valence-electron chi connectivity index (χ2n) is 6.80. The molecule has 0 aromatic heterocycles. The van der Waals surface area contributed by atoms with Crippen molar-refractivity contribution in [3.05, 3.63) is 22.0 Å². The Morgan fingerprint density at radius 3 is 2.80 bits per heavy atom. The molecule has 2 amide bonds. The van der Waals surface area contributed by atoms with Crippen LogP contribution in [0.1, 0.15) is 46.5 Å². The van der Waals surface area contributed by atoms with Gasteiger partial charge in [0.2, 0.25) is 5.91 Å². The first-order valence-corrected chi connectivity index (χ1v) is 9.67. The van der Waals surface area contributed by atoms with Gasteiger partial charge in [0, 0.05) is 12.2 Å². The van der Waals surface area contributed by atoms with E-state index in [0.29, 0.717) is 6.54 Å². The summed E-state index contributed by atoms with van der Waals surface area (Å²) in [7, 11) is 1.31. The third-order valence-electron chi connectivity index (χ3n) is 4.85. The molecule has 2 rings (SSSR count). The van der Waals surface area contributed by atoms with E-state index in [-0.39, 0.29) is 17.9 Å². The first kappa shape index (κ1) is 19.8. The molecule has 140 valence electrons. The molecule has 2 N–H and O–H groups in total. The van der Waals surface area contributed by atoms with Crippen molar-refractivity contribution < 1.29 is 14.3 Å². The first-order chi connectivity index (χ1) is 11.9. The highest BCUT2D eigenvalue weighted by Gasteiger charge is 2.38. The van der Waals surface area contributed by atoms with Crippen molar-refractivity contribution in [1.29, 1.82) is 0 Å². The van der Waals surface area contributed by atoms with E-state index in [4.69, 9.17) is 0 Å². The fourth-order valence-electron chi connectivity index (χ4n) is 3.45. The van der Waals surface area contributed by atoms with E-state index in [0.717, 1.165) is 36.0 Å². The van der Waals surface area contributed by atoms with Crippen molar-refractivity contribution in [2.24, 2.45) is 5.92 Å². The predicted octanol–water partition coefficient (Wildman–Crippen LogP) is 3.25. The molecular weight excluding hydrogens is 386 g/mol. The molecule has 2 aliphatic rings. The Labute approximate surface area is 158 Å². The van der Waals surface area contributed by atoms with Crippen molar-refractivity contribution in [2.75, 3.05) is 13.7 Å². The zero-order valence-electron chi connectivity index (χ0n) is 15.4. The molecule has 1 saturated heterocycles. The number of allylic oxidation sites excluding steroid dienone is 2. The lowest BCUT2D eigenvalue weighted by molar-refractivity contribution is -0.134. The molecule has 0 aliphatic carbocycles. The lowest BCUT2D eigenvalue weighted by Gasteiger charge is -2.34. The summed E-state index contributed by atoms with van der Waals surface area (Å²) in [6.45, 7) is 6.71. The number of dihydropyridines is 1. The van der Waals surface area contributed by atoms with Crippen molar-refractivity contribution in [2.45, 2.75) is 58.5 Å². The highest BCUT2D eigenvalue weighted by atomic mass is 79.9. The Balaban J connectivity index is 2.23. The maximum atomic E-state index is 13.1. The van der Waals surface area contributed by atoms with Crippen LogP contribution in [0.25, 0.3) is 0 Å². The Morgan fingerprint density at radius 2 is 2.20 bits per heavy atom. The topological polar surface area (TPSA) is 70.7 Å². The Bertz CT molecular complexity index is 586. The van der Waals surface area contributed by atoms with Gasteiger partial charge in [-0.15, -0.1) is 0 Å². The van der Waals surface area contributed by atoms with Crippen LogP contribution in [0.3, 0.4) is 0 Å². The average Bonchev–Trinajstić information content (AvgIpc) is 3.08. The SMILES string of the molecule is CCC1=C([C@@H]2CCCN2C(=O)[C@@H](NC(=O)OC)C(C)C)NC(Br)=CC1. The first-order valence-electron chi connectivity index (χ1n) is 8.88. The molecule has 0 aromatic rings. The molecule has 7 heteroatoms. The number of likely N-dealkylation sites (tertiary alicyclic amines) is 1. The van der Waals surface area contributed by atoms with Crippen LogP contribution in [-0.2, 0) is 9.53 Å². The number of carbonyl (C=O) groups excluding carboxylic acids is 2. The molecule has 0 spiro atoms. The normalized spacial score (nSPS) is 21.8. The number of nitrogens with zero attached hydrogens (tertiary/aromatic N) is 1. The Kier molecular flexibility index (Phi) is 6.93. The summed E-state index contributed by atoms with van der Waals surface area (Å²) >= 11 is 3.52. The van der Waals surface area contributed by atoms with Crippen LogP contribution in [0.2, 0.25) is 0 Å². The van der Waals surface area contributed by atoms with Crippen molar-refractivity contribution >= 4 is 27.9 Å². The monoisotopic (exact) mass is 413 g/mol. The van der Waals surface area contributed by atoms with Gasteiger partial charge in [0.1, 0.15) is 6.04 Å². The molecule has 0 unspecified atom stereocenters. The van der Waals surface area contributed by atoms with Gasteiger partial charge in [0.05, 0.1) is 17.8 Å². The molecule has 2 atom stereocenters. The number of methoxy groups -OCH3 is 1. The summed E-state index contributed by atoms with van der Waals surface area (Å²) < 4.78 is 5.63. The van der Waals surface area contributed by atoms with Crippen LogP contribution < -0.4 is 10.6 Å². The zero-order chi connectivity index (χ0) is 18.6. The van der Waals surface area contributed by atoms with Gasteiger partial charge in [-0.1, -0.05) is 20.8 Å².